The van der Waals surface area contributed by atoms with Crippen LogP contribution in [0.15, 0.2) is 35.2 Å². The summed E-state index contributed by atoms with van der Waals surface area (Å²) in [6.45, 7) is 0.503. The molecule has 0 heterocycles. The first kappa shape index (κ1) is 20.9. The number of carbonyl (C=O) groups is 1. The fourth-order valence-electron chi connectivity index (χ4n) is 2.96. The number of sulfonamides is 1. The van der Waals surface area contributed by atoms with Crippen LogP contribution in [0.1, 0.15) is 19.3 Å². The topological polar surface area (TPSA) is 139 Å². The highest BCUT2D eigenvalue weighted by Gasteiger charge is 2.20. The maximum absolute atomic E-state index is 11.9. The second kappa shape index (κ2) is 8.55. The van der Waals surface area contributed by atoms with Gasteiger partial charge in [-0.05, 0) is 49.4 Å². The monoisotopic (exact) mass is 394 g/mol. The zero-order valence-electron chi connectivity index (χ0n) is 15.5. The van der Waals surface area contributed by atoms with Gasteiger partial charge in [-0.3, -0.25) is 0 Å². The molecule has 0 aliphatic rings. The Morgan fingerprint density at radius 3 is 2.52 bits per heavy atom. The Labute approximate surface area is 159 Å². The third-order valence-electron chi connectivity index (χ3n) is 4.32. The molecule has 0 aliphatic carbocycles. The van der Waals surface area contributed by atoms with Crippen LogP contribution >= 0.6 is 0 Å². The van der Waals surface area contributed by atoms with Gasteiger partial charge in [0.1, 0.15) is 6.04 Å². The summed E-state index contributed by atoms with van der Waals surface area (Å²) in [4.78, 5) is 13.5. The lowest BCUT2D eigenvalue weighted by Gasteiger charge is -2.23. The maximum atomic E-state index is 11.9. The van der Waals surface area contributed by atoms with E-state index in [1.807, 2.05) is 25.1 Å². The summed E-state index contributed by atoms with van der Waals surface area (Å²) in [5.74, 6) is -0.975. The molecule has 6 N–H and O–H groups in total. The molecule has 0 spiro atoms. The van der Waals surface area contributed by atoms with E-state index in [1.54, 1.807) is 18.2 Å². The lowest BCUT2D eigenvalue weighted by molar-refractivity contribution is -0.138. The van der Waals surface area contributed by atoms with Crippen molar-refractivity contribution in [3.63, 3.8) is 0 Å². The normalized spacial score (nSPS) is 12.7. The number of hydrogen-bond donors (Lipinski definition) is 4. The van der Waals surface area contributed by atoms with Gasteiger partial charge in [0, 0.05) is 19.5 Å². The van der Waals surface area contributed by atoms with E-state index in [-0.39, 0.29) is 4.90 Å². The molecule has 9 heteroatoms. The van der Waals surface area contributed by atoms with Crippen LogP contribution in [-0.2, 0) is 14.8 Å². The van der Waals surface area contributed by atoms with Gasteiger partial charge in [0.2, 0.25) is 10.0 Å². The molecule has 0 fully saturated rings. The van der Waals surface area contributed by atoms with Crippen LogP contribution in [-0.4, -0.2) is 46.2 Å². The molecule has 1 atom stereocenters. The van der Waals surface area contributed by atoms with Gasteiger partial charge in [0.25, 0.3) is 0 Å². The minimum absolute atomic E-state index is 0.00311. The van der Waals surface area contributed by atoms with E-state index in [1.165, 1.54) is 6.07 Å². The van der Waals surface area contributed by atoms with Gasteiger partial charge in [-0.25, -0.2) is 18.4 Å². The average Bonchev–Trinajstić information content (AvgIpc) is 2.58. The van der Waals surface area contributed by atoms with Crippen LogP contribution in [0.2, 0.25) is 0 Å². The summed E-state index contributed by atoms with van der Waals surface area (Å²) >= 11 is 0. The molecule has 0 saturated carbocycles. The van der Waals surface area contributed by atoms with Crippen molar-refractivity contribution in [3.05, 3.63) is 30.3 Å². The number of unbranched alkanes of at least 4 members (excludes halogenated alkanes) is 1. The number of benzene rings is 2. The molecular weight excluding hydrogens is 368 g/mol. The molecule has 0 amide bonds. The van der Waals surface area contributed by atoms with E-state index >= 15 is 0 Å². The summed E-state index contributed by atoms with van der Waals surface area (Å²) in [7, 11) is -0.246. The Hall–Kier alpha value is -2.36. The highest BCUT2D eigenvalue weighted by molar-refractivity contribution is 7.89. The molecule has 148 valence electrons. The zero-order valence-corrected chi connectivity index (χ0v) is 16.3. The fourth-order valence-corrected chi connectivity index (χ4v) is 3.71. The van der Waals surface area contributed by atoms with Crippen LogP contribution in [0.25, 0.3) is 10.8 Å². The van der Waals surface area contributed by atoms with Crippen molar-refractivity contribution in [3.8, 4) is 0 Å². The Kier molecular flexibility index (Phi) is 6.63. The summed E-state index contributed by atoms with van der Waals surface area (Å²) in [5, 5.41) is 19.1. The molecule has 0 aromatic heterocycles. The summed E-state index contributed by atoms with van der Waals surface area (Å²) in [6, 6.07) is 7.49. The van der Waals surface area contributed by atoms with Crippen LogP contribution < -0.4 is 21.1 Å². The van der Waals surface area contributed by atoms with E-state index in [2.05, 4.69) is 5.32 Å². The zero-order chi connectivity index (χ0) is 20.2. The number of fused-ring (bicyclic) bond motifs is 1. The number of anilines is 2. The average molecular weight is 394 g/mol. The first-order valence-corrected chi connectivity index (χ1v) is 10.2. The Bertz CT molecular complexity index is 928. The fraction of sp³-hybridized carbons (Fsp3) is 0.389. The standard InChI is InChI=1S/C18H26N4O4S/c1-22(2)16-10-12-6-5-8-17(27(20,25)26)13(12)11-15(16)21-14(18(23)24)7-3-4-9-19/h5-6,8,10-11,14,21H,3-4,7,9,19H2,1-2H3,(H,23,24)(H2,20,25,26)/t14-/m0/s1. The number of carboxylic acid groups (broad SMARTS) is 1. The summed E-state index contributed by atoms with van der Waals surface area (Å²) in [5.41, 5.74) is 6.76. The molecule has 2 aromatic rings. The number of aliphatic carboxylic acids is 1. The van der Waals surface area contributed by atoms with Crippen molar-refractivity contribution >= 4 is 38.1 Å². The largest absolute Gasteiger partial charge is 0.480 e. The molecule has 0 radical (unpaired) electrons. The molecule has 0 aliphatic heterocycles. The smallest absolute Gasteiger partial charge is 0.326 e. The number of hydrogen-bond acceptors (Lipinski definition) is 6. The number of nitrogens with zero attached hydrogens (tertiary/aromatic N) is 1. The van der Waals surface area contributed by atoms with Gasteiger partial charge in [-0.15, -0.1) is 0 Å². The molecule has 27 heavy (non-hydrogen) atoms. The predicted octanol–water partition coefficient (Wildman–Crippen LogP) is 1.55. The van der Waals surface area contributed by atoms with Crippen molar-refractivity contribution < 1.29 is 18.3 Å². The molecule has 2 rings (SSSR count). The summed E-state index contributed by atoms with van der Waals surface area (Å²) < 4.78 is 23.8. The van der Waals surface area contributed by atoms with Crippen LogP contribution in [0.4, 0.5) is 11.4 Å². The van der Waals surface area contributed by atoms with E-state index in [9.17, 15) is 18.3 Å². The Morgan fingerprint density at radius 2 is 1.96 bits per heavy atom. The molecular formula is C18H26N4O4S. The van der Waals surface area contributed by atoms with Gasteiger partial charge in [-0.1, -0.05) is 12.1 Å². The molecule has 0 saturated heterocycles. The SMILES string of the molecule is CN(C)c1cc2cccc(S(N)(=O)=O)c2cc1N[C@@H](CCCCN)C(=O)O. The highest BCUT2D eigenvalue weighted by Crippen LogP contribution is 2.34. The highest BCUT2D eigenvalue weighted by atomic mass is 32.2. The second-order valence-corrected chi connectivity index (χ2v) is 8.14. The van der Waals surface area contributed by atoms with Crippen molar-refractivity contribution in [2.75, 3.05) is 30.9 Å². The van der Waals surface area contributed by atoms with E-state index in [0.717, 1.165) is 12.1 Å². The third kappa shape index (κ3) is 5.09. The van der Waals surface area contributed by atoms with Crippen LogP contribution in [0.5, 0.6) is 0 Å². The first-order valence-electron chi connectivity index (χ1n) is 8.61. The number of carboxylic acids is 1. The lowest BCUT2D eigenvalue weighted by Crippen LogP contribution is -2.30. The van der Waals surface area contributed by atoms with E-state index < -0.39 is 22.0 Å². The van der Waals surface area contributed by atoms with E-state index in [0.29, 0.717) is 35.8 Å². The first-order chi connectivity index (χ1) is 12.6. The maximum Gasteiger partial charge on any atom is 0.326 e. The van der Waals surface area contributed by atoms with Gasteiger partial charge >= 0.3 is 5.97 Å². The van der Waals surface area contributed by atoms with Gasteiger partial charge in [-0.2, -0.15) is 0 Å². The summed E-state index contributed by atoms with van der Waals surface area (Å²) in [6.07, 6.45) is 1.82. The van der Waals surface area contributed by atoms with Crippen LogP contribution in [0, 0.1) is 0 Å². The molecule has 0 bridgehead atoms. The molecule has 0 unspecified atom stereocenters. The molecule has 8 nitrogen and oxygen atoms in total. The molecule has 2 aromatic carbocycles. The van der Waals surface area contributed by atoms with Gasteiger partial charge in [0.15, 0.2) is 0 Å². The van der Waals surface area contributed by atoms with Gasteiger partial charge < -0.3 is 21.1 Å². The second-order valence-electron chi connectivity index (χ2n) is 6.61. The number of nitrogens with two attached hydrogens (primary N) is 2. The Morgan fingerprint density at radius 1 is 1.26 bits per heavy atom. The Balaban J connectivity index is 2.55. The quantitative estimate of drug-likeness (QED) is 0.473. The third-order valence-corrected chi connectivity index (χ3v) is 5.29. The van der Waals surface area contributed by atoms with Crippen molar-refractivity contribution in [1.29, 1.82) is 0 Å². The van der Waals surface area contributed by atoms with Crippen molar-refractivity contribution in [1.82, 2.24) is 0 Å². The number of rotatable bonds is 9. The number of nitrogens with one attached hydrogen (secondary N) is 1. The van der Waals surface area contributed by atoms with Crippen molar-refractivity contribution in [2.24, 2.45) is 10.9 Å². The minimum Gasteiger partial charge on any atom is -0.480 e. The lowest BCUT2D eigenvalue weighted by atomic mass is 10.1. The minimum atomic E-state index is -3.91. The van der Waals surface area contributed by atoms with Crippen LogP contribution in [0.3, 0.4) is 0 Å². The van der Waals surface area contributed by atoms with Gasteiger partial charge in [0.05, 0.1) is 16.3 Å². The predicted molar refractivity (Wildman–Crippen MR) is 108 cm³/mol. The van der Waals surface area contributed by atoms with E-state index in [4.69, 9.17) is 10.9 Å². The number of primary sulfonamides is 1. The van der Waals surface area contributed by atoms with Crippen molar-refractivity contribution in [2.45, 2.75) is 30.2 Å².